The number of aliphatic hydroxyl groups excluding tert-OH is 2. The highest BCUT2D eigenvalue weighted by Crippen LogP contribution is 2.22. The van der Waals surface area contributed by atoms with Crippen molar-refractivity contribution in [2.75, 3.05) is 18.6 Å². The number of hydrazine groups is 2. The van der Waals surface area contributed by atoms with Crippen LogP contribution < -0.4 is 26.4 Å². The molecular weight excluding hydrogens is 450 g/mol. The molecule has 11 heteroatoms. The average molecular weight is 480 g/mol. The molecule has 10 nitrogen and oxygen atoms in total. The van der Waals surface area contributed by atoms with Gasteiger partial charge in [-0.2, -0.15) is 0 Å². The first-order chi connectivity index (χ1) is 15.7. The summed E-state index contributed by atoms with van der Waals surface area (Å²) in [6.45, 7) is 4.90. The highest BCUT2D eigenvalue weighted by molar-refractivity contribution is 6.30. The number of amides is 4. The predicted octanol–water partition coefficient (Wildman–Crippen LogP) is 2.54. The number of carbonyl (C=O) groups excluding carboxylic acids is 2. The van der Waals surface area contributed by atoms with E-state index in [0.717, 1.165) is 21.8 Å². The number of carbonyl (C=O) groups is 2. The standard InChI is InChI=1S/C22H30ClN5O5/c1-14(2)33-20-9-8-18(10-15(20)3)25-27-26-22(32)28(12-19(30)13-29)21(31)24-11-16-4-6-17(23)7-5-16/h4-10,14,19,25,27,29-30H,11-13H2,1-3H3,(H,24,31)(H,26,32)/t19-/m0/s1. The number of nitrogens with one attached hydrogen (secondary N) is 4. The molecule has 1 atom stereocenters. The van der Waals surface area contributed by atoms with Crippen LogP contribution in [-0.4, -0.2) is 52.5 Å². The largest absolute Gasteiger partial charge is 0.491 e. The number of hydrogen-bond donors (Lipinski definition) is 6. The van der Waals surface area contributed by atoms with Crippen molar-refractivity contribution >= 4 is 29.4 Å². The van der Waals surface area contributed by atoms with Crippen LogP contribution in [-0.2, 0) is 6.54 Å². The first-order valence-electron chi connectivity index (χ1n) is 10.4. The van der Waals surface area contributed by atoms with E-state index in [1.165, 1.54) is 0 Å². The van der Waals surface area contributed by atoms with Crippen LogP contribution in [0.5, 0.6) is 5.75 Å². The SMILES string of the molecule is Cc1cc(NNNC(=O)N(C[C@H](O)CO)C(=O)NCc2ccc(Cl)cc2)ccc1OC(C)C. The van der Waals surface area contributed by atoms with Gasteiger partial charge < -0.3 is 25.7 Å². The molecule has 0 unspecified atom stereocenters. The quantitative estimate of drug-likeness (QED) is 0.288. The Morgan fingerprint density at radius 3 is 2.42 bits per heavy atom. The van der Waals surface area contributed by atoms with E-state index in [9.17, 15) is 14.7 Å². The summed E-state index contributed by atoms with van der Waals surface area (Å²) < 4.78 is 5.69. The maximum Gasteiger partial charge on any atom is 0.341 e. The summed E-state index contributed by atoms with van der Waals surface area (Å²) in [6, 6.07) is 10.6. The highest BCUT2D eigenvalue weighted by atomic mass is 35.5. The molecule has 0 spiro atoms. The smallest absolute Gasteiger partial charge is 0.341 e. The van der Waals surface area contributed by atoms with Gasteiger partial charge in [0.15, 0.2) is 0 Å². The van der Waals surface area contributed by atoms with E-state index in [2.05, 4.69) is 21.7 Å². The van der Waals surface area contributed by atoms with E-state index in [-0.39, 0.29) is 12.6 Å². The van der Waals surface area contributed by atoms with Gasteiger partial charge >= 0.3 is 12.1 Å². The van der Waals surface area contributed by atoms with Gasteiger partial charge in [-0.05, 0) is 62.2 Å². The molecule has 2 rings (SSSR count). The Balaban J connectivity index is 1.93. The van der Waals surface area contributed by atoms with Crippen LogP contribution in [0.1, 0.15) is 25.0 Å². The fourth-order valence-electron chi connectivity index (χ4n) is 2.74. The van der Waals surface area contributed by atoms with Crippen LogP contribution >= 0.6 is 11.6 Å². The first kappa shape index (κ1) is 26.2. The van der Waals surface area contributed by atoms with Gasteiger partial charge in [-0.1, -0.05) is 23.7 Å². The zero-order valence-electron chi connectivity index (χ0n) is 18.8. The third-order valence-electron chi connectivity index (χ3n) is 4.37. The molecule has 2 aromatic rings. The van der Waals surface area contributed by atoms with Gasteiger partial charge in [0.05, 0.1) is 31.0 Å². The Kier molecular flexibility index (Phi) is 10.2. The van der Waals surface area contributed by atoms with Crippen molar-refractivity contribution in [2.45, 2.75) is 39.5 Å². The molecule has 2 aromatic carbocycles. The minimum atomic E-state index is -1.29. The number of benzene rings is 2. The number of aryl methyl sites for hydroxylation is 1. The van der Waals surface area contributed by atoms with Gasteiger partial charge in [0, 0.05) is 11.6 Å². The number of hydrogen-bond acceptors (Lipinski definition) is 7. The zero-order chi connectivity index (χ0) is 24.4. The molecular formula is C22H30ClN5O5. The fourth-order valence-corrected chi connectivity index (χ4v) is 2.87. The Hall–Kier alpha value is -3.05. The second kappa shape index (κ2) is 12.9. The number of nitrogens with zero attached hydrogens (tertiary/aromatic N) is 1. The predicted molar refractivity (Wildman–Crippen MR) is 126 cm³/mol. The summed E-state index contributed by atoms with van der Waals surface area (Å²) in [5, 5.41) is 22.0. The van der Waals surface area contributed by atoms with Gasteiger partial charge in [-0.3, -0.25) is 5.43 Å². The molecule has 4 amide bonds. The summed E-state index contributed by atoms with van der Waals surface area (Å²) >= 11 is 5.85. The molecule has 0 aromatic heterocycles. The van der Waals surface area contributed by atoms with Gasteiger partial charge in [0.1, 0.15) is 5.75 Å². The Labute approximate surface area is 197 Å². The molecule has 0 bridgehead atoms. The number of aliphatic hydroxyl groups is 2. The zero-order valence-corrected chi connectivity index (χ0v) is 19.5. The van der Waals surface area contributed by atoms with Crippen molar-refractivity contribution in [3.05, 3.63) is 58.6 Å². The molecule has 33 heavy (non-hydrogen) atoms. The fraction of sp³-hybridized carbons (Fsp3) is 0.364. The second-order valence-corrected chi connectivity index (χ2v) is 8.00. The summed E-state index contributed by atoms with van der Waals surface area (Å²) in [5.74, 6) is 0.751. The van der Waals surface area contributed by atoms with Crippen LogP contribution in [0, 0.1) is 6.92 Å². The normalized spacial score (nSPS) is 11.6. The van der Waals surface area contributed by atoms with Crippen LogP contribution in [0.15, 0.2) is 42.5 Å². The third kappa shape index (κ3) is 8.78. The Morgan fingerprint density at radius 1 is 1.12 bits per heavy atom. The minimum Gasteiger partial charge on any atom is -0.491 e. The van der Waals surface area contributed by atoms with E-state index >= 15 is 0 Å². The van der Waals surface area contributed by atoms with Gasteiger partial charge in [0.2, 0.25) is 0 Å². The van der Waals surface area contributed by atoms with Crippen molar-refractivity contribution in [1.82, 2.24) is 21.2 Å². The maximum absolute atomic E-state index is 12.6. The number of rotatable bonds is 10. The van der Waals surface area contributed by atoms with Crippen molar-refractivity contribution < 1.29 is 24.5 Å². The molecule has 180 valence electrons. The van der Waals surface area contributed by atoms with Gasteiger partial charge in [-0.25, -0.2) is 14.5 Å². The lowest BCUT2D eigenvalue weighted by molar-refractivity contribution is 0.0734. The lowest BCUT2D eigenvalue weighted by atomic mass is 10.2. The average Bonchev–Trinajstić information content (AvgIpc) is 2.78. The second-order valence-electron chi connectivity index (χ2n) is 7.56. The van der Waals surface area contributed by atoms with E-state index < -0.39 is 31.3 Å². The van der Waals surface area contributed by atoms with Gasteiger partial charge in [0.25, 0.3) is 0 Å². The minimum absolute atomic E-state index is 0.0472. The monoisotopic (exact) mass is 479 g/mol. The van der Waals surface area contributed by atoms with Gasteiger partial charge in [-0.15, -0.1) is 5.53 Å². The maximum atomic E-state index is 12.6. The number of imide groups is 1. The summed E-state index contributed by atoms with van der Waals surface area (Å²) in [6.07, 6.45) is -1.24. The number of ether oxygens (including phenoxy) is 1. The number of anilines is 1. The van der Waals surface area contributed by atoms with Crippen LogP contribution in [0.2, 0.25) is 5.02 Å². The van der Waals surface area contributed by atoms with Crippen molar-refractivity contribution in [3.63, 3.8) is 0 Å². The van der Waals surface area contributed by atoms with Crippen LogP contribution in [0.25, 0.3) is 0 Å². The molecule has 0 aliphatic carbocycles. The molecule has 0 heterocycles. The van der Waals surface area contributed by atoms with Crippen molar-refractivity contribution in [3.8, 4) is 5.75 Å². The summed E-state index contributed by atoms with van der Waals surface area (Å²) in [7, 11) is 0. The van der Waals surface area contributed by atoms with E-state index in [0.29, 0.717) is 10.7 Å². The summed E-state index contributed by atoms with van der Waals surface area (Å²) in [4.78, 5) is 25.8. The Morgan fingerprint density at radius 2 is 1.82 bits per heavy atom. The third-order valence-corrected chi connectivity index (χ3v) is 4.62. The summed E-state index contributed by atoms with van der Waals surface area (Å²) in [5.41, 5.74) is 9.99. The molecule has 0 fully saturated rings. The number of halogens is 1. The van der Waals surface area contributed by atoms with Crippen molar-refractivity contribution in [1.29, 1.82) is 0 Å². The van der Waals surface area contributed by atoms with Crippen LogP contribution in [0.3, 0.4) is 0 Å². The number of urea groups is 2. The molecule has 0 aliphatic rings. The Bertz CT molecular complexity index is 926. The molecule has 0 saturated heterocycles. The highest BCUT2D eigenvalue weighted by Gasteiger charge is 2.24. The lowest BCUT2D eigenvalue weighted by Crippen LogP contribution is -2.55. The molecule has 0 aliphatic heterocycles. The molecule has 0 radical (unpaired) electrons. The van der Waals surface area contributed by atoms with E-state index in [1.807, 2.05) is 26.8 Å². The lowest BCUT2D eigenvalue weighted by Gasteiger charge is -2.24. The van der Waals surface area contributed by atoms with Crippen molar-refractivity contribution in [2.24, 2.45) is 0 Å². The van der Waals surface area contributed by atoms with E-state index in [4.69, 9.17) is 21.4 Å². The van der Waals surface area contributed by atoms with Crippen LogP contribution in [0.4, 0.5) is 15.3 Å². The molecule has 6 N–H and O–H groups in total. The topological polar surface area (TPSA) is 135 Å². The molecule has 0 saturated carbocycles. The first-order valence-corrected chi connectivity index (χ1v) is 10.7. The van der Waals surface area contributed by atoms with E-state index in [1.54, 1.807) is 36.4 Å².